The van der Waals surface area contributed by atoms with E-state index in [-0.39, 0.29) is 44.9 Å². The van der Waals surface area contributed by atoms with Crippen LogP contribution in [0.3, 0.4) is 0 Å². The van der Waals surface area contributed by atoms with Crippen molar-refractivity contribution >= 4 is 16.7 Å². The van der Waals surface area contributed by atoms with Gasteiger partial charge in [0.1, 0.15) is 23.6 Å². The molecule has 12 heteroatoms. The largest absolute Gasteiger partial charge is 0.435 e. The molecule has 0 bridgehead atoms. The lowest BCUT2D eigenvalue weighted by Crippen LogP contribution is -2.23. The molecule has 35 heavy (non-hydrogen) atoms. The first-order valence-electron chi connectivity index (χ1n) is 10.3. The molecule has 0 saturated heterocycles. The third kappa shape index (κ3) is 3.84. The number of imidazole rings is 1. The topological polar surface area (TPSA) is 68.0 Å². The number of nitrogens with zero attached hydrogens (tertiary/aromatic N) is 4. The molecule has 6 nitrogen and oxygen atoms in total. The zero-order chi connectivity index (χ0) is 25.1. The summed E-state index contributed by atoms with van der Waals surface area (Å²) in [7, 11) is 0. The monoisotopic (exact) mass is 491 g/mol. The van der Waals surface area contributed by atoms with Crippen molar-refractivity contribution < 1.29 is 26.3 Å². The number of aromatic amines is 1. The van der Waals surface area contributed by atoms with Gasteiger partial charge in [0.05, 0.1) is 16.6 Å². The van der Waals surface area contributed by atoms with E-state index in [1.807, 2.05) is 0 Å². The predicted molar refractivity (Wildman–Crippen MR) is 116 cm³/mol. The van der Waals surface area contributed by atoms with Crippen molar-refractivity contribution in [3.63, 3.8) is 0 Å². The van der Waals surface area contributed by atoms with Gasteiger partial charge in [-0.3, -0.25) is 4.79 Å². The molecule has 180 valence electrons. The number of para-hydroxylation sites is 2. The van der Waals surface area contributed by atoms with Crippen LogP contribution in [0.1, 0.15) is 11.4 Å². The number of benzene rings is 2. The van der Waals surface area contributed by atoms with Crippen molar-refractivity contribution in [1.82, 2.24) is 24.1 Å². The smallest absolute Gasteiger partial charge is 0.342 e. The minimum Gasteiger partial charge on any atom is -0.342 e. The van der Waals surface area contributed by atoms with Crippen LogP contribution < -0.4 is 5.56 Å². The van der Waals surface area contributed by atoms with E-state index in [1.165, 1.54) is 49.4 Å². The number of fused-ring (bicyclic) bond motifs is 2. The average molecular weight is 491 g/mol. The third-order valence-electron chi connectivity index (χ3n) is 5.52. The number of H-pyrrole nitrogens is 1. The minimum atomic E-state index is -4.89. The molecule has 0 aliphatic rings. The molecule has 5 aromatic rings. The molecule has 0 fully saturated rings. The molecule has 0 aliphatic carbocycles. The second kappa shape index (κ2) is 7.72. The highest BCUT2D eigenvalue weighted by molar-refractivity contribution is 5.83. The molecule has 0 amide bonds. The number of nitrogens with one attached hydrogen (secondary N) is 1. The van der Waals surface area contributed by atoms with Crippen molar-refractivity contribution in [3.8, 4) is 22.5 Å². The number of halogens is 6. The fourth-order valence-electron chi connectivity index (χ4n) is 4.13. The van der Waals surface area contributed by atoms with Crippen molar-refractivity contribution in [2.24, 2.45) is 0 Å². The van der Waals surface area contributed by atoms with Gasteiger partial charge in [-0.2, -0.15) is 36.0 Å². The van der Waals surface area contributed by atoms with Gasteiger partial charge in [-0.1, -0.05) is 42.5 Å². The molecule has 0 saturated carbocycles. The van der Waals surface area contributed by atoms with Gasteiger partial charge in [-0.15, -0.1) is 0 Å². The number of rotatable bonds is 3. The maximum Gasteiger partial charge on any atom is 0.435 e. The van der Waals surface area contributed by atoms with Crippen molar-refractivity contribution in [3.05, 3.63) is 76.3 Å². The van der Waals surface area contributed by atoms with Gasteiger partial charge >= 0.3 is 12.4 Å². The Morgan fingerprint density at radius 3 is 2.23 bits per heavy atom. The zero-order valence-electron chi connectivity index (χ0n) is 17.9. The molecule has 3 aromatic heterocycles. The standard InChI is InChI=1S/C23H15F6N5O/c1-12-16(19-31-14-9-5-6-10-15(14)33(19)11-22(24,25)26)21(35)34-20(30-12)17(13-7-3-2-4-8-13)18(32-34)23(27,28)29/h2-10,30H,11H2,1H3. The molecule has 0 atom stereocenters. The summed E-state index contributed by atoms with van der Waals surface area (Å²) in [5, 5.41) is 3.53. The Morgan fingerprint density at radius 1 is 0.914 bits per heavy atom. The summed E-state index contributed by atoms with van der Waals surface area (Å²) in [4.78, 5) is 20.4. The Kier molecular flexibility index (Phi) is 5.00. The van der Waals surface area contributed by atoms with Crippen LogP contribution in [0, 0.1) is 6.92 Å². The number of aromatic nitrogens is 5. The molecule has 3 heterocycles. The van der Waals surface area contributed by atoms with Crippen molar-refractivity contribution in [2.75, 3.05) is 0 Å². The fraction of sp³-hybridized carbons (Fsp3) is 0.174. The van der Waals surface area contributed by atoms with Crippen LogP contribution in [-0.2, 0) is 12.7 Å². The van der Waals surface area contributed by atoms with Crippen LogP contribution in [0.15, 0.2) is 59.4 Å². The van der Waals surface area contributed by atoms with Crippen molar-refractivity contribution in [2.45, 2.75) is 25.8 Å². The van der Waals surface area contributed by atoms with Crippen LogP contribution in [0.25, 0.3) is 39.2 Å². The van der Waals surface area contributed by atoms with Gasteiger partial charge in [0.2, 0.25) is 0 Å². The highest BCUT2D eigenvalue weighted by Gasteiger charge is 2.40. The molecular weight excluding hydrogens is 476 g/mol. The maximum atomic E-state index is 13.9. The van der Waals surface area contributed by atoms with Crippen LogP contribution in [-0.4, -0.2) is 30.3 Å². The lowest BCUT2D eigenvalue weighted by molar-refractivity contribution is -0.141. The predicted octanol–water partition coefficient (Wildman–Crippen LogP) is 5.60. The summed E-state index contributed by atoms with van der Waals surface area (Å²) in [5.74, 6) is -0.325. The molecule has 5 rings (SSSR count). The van der Waals surface area contributed by atoms with Gasteiger partial charge in [0, 0.05) is 5.69 Å². The summed E-state index contributed by atoms with van der Waals surface area (Å²) < 4.78 is 83.2. The van der Waals surface area contributed by atoms with Crippen LogP contribution >= 0.6 is 0 Å². The van der Waals surface area contributed by atoms with Gasteiger partial charge in [0.25, 0.3) is 5.56 Å². The Morgan fingerprint density at radius 2 is 1.57 bits per heavy atom. The molecular formula is C23H15F6N5O. The molecule has 0 aliphatic heterocycles. The highest BCUT2D eigenvalue weighted by atomic mass is 19.4. The fourth-order valence-corrected chi connectivity index (χ4v) is 4.13. The van der Waals surface area contributed by atoms with E-state index in [9.17, 15) is 31.1 Å². The van der Waals surface area contributed by atoms with Gasteiger partial charge in [0.15, 0.2) is 5.69 Å². The summed E-state index contributed by atoms with van der Waals surface area (Å²) in [6.45, 7) is -0.0506. The lowest BCUT2D eigenvalue weighted by Gasteiger charge is -2.13. The van der Waals surface area contributed by atoms with Crippen molar-refractivity contribution in [1.29, 1.82) is 0 Å². The maximum absolute atomic E-state index is 13.9. The van der Waals surface area contributed by atoms with E-state index >= 15 is 0 Å². The number of hydrogen-bond donors (Lipinski definition) is 1. The van der Waals surface area contributed by atoms with Gasteiger partial charge in [-0.05, 0) is 24.6 Å². The average Bonchev–Trinajstić information content (AvgIpc) is 3.33. The minimum absolute atomic E-state index is 0.0482. The highest BCUT2D eigenvalue weighted by Crippen LogP contribution is 2.38. The third-order valence-corrected chi connectivity index (χ3v) is 5.52. The number of aryl methyl sites for hydroxylation is 1. The Balaban J connectivity index is 1.85. The summed E-state index contributed by atoms with van der Waals surface area (Å²) in [5.41, 5.74) is -2.66. The Bertz CT molecular complexity index is 1630. The molecule has 1 N–H and O–H groups in total. The van der Waals surface area contributed by atoms with E-state index in [2.05, 4.69) is 15.1 Å². The molecule has 2 aromatic carbocycles. The van der Waals surface area contributed by atoms with Crippen LogP contribution in [0.4, 0.5) is 26.3 Å². The van der Waals surface area contributed by atoms with E-state index in [0.717, 1.165) is 4.57 Å². The summed E-state index contributed by atoms with van der Waals surface area (Å²) in [6.07, 6.45) is -9.53. The Labute approximate surface area is 192 Å². The first kappa shape index (κ1) is 22.7. The van der Waals surface area contributed by atoms with E-state index < -0.39 is 30.2 Å². The quantitative estimate of drug-likeness (QED) is 0.335. The summed E-state index contributed by atoms with van der Waals surface area (Å²) in [6, 6.07) is 13.6. The second-order valence-corrected chi connectivity index (χ2v) is 7.90. The number of alkyl halides is 6. The van der Waals surface area contributed by atoms with Gasteiger partial charge < -0.3 is 9.55 Å². The van der Waals surface area contributed by atoms with E-state index in [0.29, 0.717) is 4.52 Å². The molecule has 0 unspecified atom stereocenters. The van der Waals surface area contributed by atoms with E-state index in [4.69, 9.17) is 0 Å². The first-order valence-corrected chi connectivity index (χ1v) is 10.3. The van der Waals surface area contributed by atoms with Gasteiger partial charge in [-0.25, -0.2) is 4.98 Å². The van der Waals surface area contributed by atoms with Crippen LogP contribution in [0.2, 0.25) is 0 Å². The molecule has 0 spiro atoms. The second-order valence-electron chi connectivity index (χ2n) is 7.90. The summed E-state index contributed by atoms with van der Waals surface area (Å²) >= 11 is 0. The SMILES string of the molecule is Cc1[nH]c2c(-c3ccccc3)c(C(F)(F)F)nn2c(=O)c1-c1nc2ccccc2n1CC(F)(F)F. The Hall–Kier alpha value is -4.09. The first-order chi connectivity index (χ1) is 16.5. The lowest BCUT2D eigenvalue weighted by atomic mass is 10.1. The van der Waals surface area contributed by atoms with E-state index in [1.54, 1.807) is 12.1 Å². The molecule has 0 radical (unpaired) electrons. The zero-order valence-corrected chi connectivity index (χ0v) is 17.9. The normalized spacial score (nSPS) is 12.7. The number of hydrogen-bond acceptors (Lipinski definition) is 3. The van der Waals surface area contributed by atoms with Crippen LogP contribution in [0.5, 0.6) is 0 Å².